The van der Waals surface area contributed by atoms with Crippen LogP contribution in [0.4, 0.5) is 0 Å². The van der Waals surface area contributed by atoms with Crippen molar-refractivity contribution in [2.45, 2.75) is 44.8 Å². The number of carbonyl (C=O) groups is 1. The number of nitrogens with zero attached hydrogens (tertiary/aromatic N) is 3. The van der Waals surface area contributed by atoms with E-state index in [1.54, 1.807) is 31.4 Å². The highest BCUT2D eigenvalue weighted by Crippen LogP contribution is 2.40. The molecule has 1 aromatic heterocycles. The van der Waals surface area contributed by atoms with Crippen molar-refractivity contribution >= 4 is 34.8 Å². The largest absolute Gasteiger partial charge is 0.493 e. The Bertz CT molecular complexity index is 1250. The fourth-order valence-electron chi connectivity index (χ4n) is 4.67. The van der Waals surface area contributed by atoms with Crippen LogP contribution in [0.3, 0.4) is 0 Å². The maximum atomic E-state index is 13.4. The van der Waals surface area contributed by atoms with Crippen LogP contribution in [0.25, 0.3) is 0 Å². The molecule has 2 aliphatic rings. The molecule has 0 saturated heterocycles. The van der Waals surface area contributed by atoms with Crippen LogP contribution >= 0.6 is 23.2 Å². The molecule has 0 spiro atoms. The van der Waals surface area contributed by atoms with Crippen LogP contribution in [0.2, 0.25) is 10.3 Å². The van der Waals surface area contributed by atoms with E-state index < -0.39 is 0 Å². The third kappa shape index (κ3) is 5.14. The summed E-state index contributed by atoms with van der Waals surface area (Å²) in [6.45, 7) is 0.281. The number of pyridine rings is 1. The van der Waals surface area contributed by atoms with Crippen LogP contribution in [0.5, 0.6) is 11.5 Å². The lowest BCUT2D eigenvalue weighted by Gasteiger charge is -2.29. The molecule has 0 atom stereocenters. The predicted molar refractivity (Wildman–Crippen MR) is 137 cm³/mol. The Labute approximate surface area is 214 Å². The van der Waals surface area contributed by atoms with E-state index in [2.05, 4.69) is 4.98 Å². The maximum absolute atomic E-state index is 13.4. The fraction of sp³-hybridized carbons (Fsp3) is 0.296. The Morgan fingerprint density at radius 1 is 1.06 bits per heavy atom. The zero-order valence-corrected chi connectivity index (χ0v) is 20.9. The van der Waals surface area contributed by atoms with Gasteiger partial charge < -0.3 is 9.47 Å². The van der Waals surface area contributed by atoms with E-state index in [4.69, 9.17) is 37.8 Å². The highest BCUT2D eigenvalue weighted by molar-refractivity contribution is 6.32. The van der Waals surface area contributed by atoms with Gasteiger partial charge in [-0.3, -0.25) is 4.79 Å². The summed E-state index contributed by atoms with van der Waals surface area (Å²) >= 11 is 12.3. The first-order valence-corrected chi connectivity index (χ1v) is 12.4. The Morgan fingerprint density at radius 3 is 2.46 bits per heavy atom. The number of rotatable bonds is 6. The number of amides is 1. The summed E-state index contributed by atoms with van der Waals surface area (Å²) in [7, 11) is 1.63. The second-order valence-corrected chi connectivity index (χ2v) is 9.50. The van der Waals surface area contributed by atoms with Crippen LogP contribution < -0.4 is 9.47 Å². The summed E-state index contributed by atoms with van der Waals surface area (Å²) in [6, 6.07) is 16.5. The zero-order chi connectivity index (χ0) is 24.4. The molecule has 0 N–H and O–H groups in total. The standard InChI is InChI=1S/C27H25Cl2N3O3/c1-34-23-12-11-20-21(26(23)35-19-9-5-6-10-19)16-32(27(33)18-7-3-2-4-8-18)31-22(20)13-17-14-24(28)30-25(29)15-17/h2-4,7-8,11-12,14-15,19H,5-6,9-10,13,16H2,1H3. The molecule has 1 aliphatic heterocycles. The van der Waals surface area contributed by atoms with Crippen molar-refractivity contribution in [1.29, 1.82) is 0 Å². The molecule has 3 aromatic rings. The molecule has 180 valence electrons. The fourth-order valence-corrected chi connectivity index (χ4v) is 5.17. The number of hydrogen-bond acceptors (Lipinski definition) is 5. The average Bonchev–Trinajstić information content (AvgIpc) is 3.37. The smallest absolute Gasteiger partial charge is 0.274 e. The summed E-state index contributed by atoms with van der Waals surface area (Å²) in [5, 5.41) is 6.89. The molecule has 5 rings (SSSR count). The van der Waals surface area contributed by atoms with Crippen LogP contribution in [0.1, 0.15) is 52.7 Å². The molecular weight excluding hydrogens is 485 g/mol. The van der Waals surface area contributed by atoms with Gasteiger partial charge in [-0.25, -0.2) is 9.99 Å². The Morgan fingerprint density at radius 2 is 1.77 bits per heavy atom. The lowest BCUT2D eigenvalue weighted by Crippen LogP contribution is -2.33. The van der Waals surface area contributed by atoms with Crippen molar-refractivity contribution in [1.82, 2.24) is 9.99 Å². The van der Waals surface area contributed by atoms with Gasteiger partial charge in [0.15, 0.2) is 11.5 Å². The SMILES string of the molecule is COc1ccc2c(c1OC1CCCC1)CN(C(=O)c1ccccc1)N=C2Cc1cc(Cl)nc(Cl)c1. The van der Waals surface area contributed by atoms with Gasteiger partial charge in [0.25, 0.3) is 5.91 Å². The second kappa shape index (κ2) is 10.3. The van der Waals surface area contributed by atoms with E-state index in [0.717, 1.165) is 42.4 Å². The number of carbonyl (C=O) groups excluding carboxylic acids is 1. The molecule has 1 saturated carbocycles. The summed E-state index contributed by atoms with van der Waals surface area (Å²) in [4.78, 5) is 17.5. The lowest BCUT2D eigenvalue weighted by atomic mass is 9.95. The normalized spacial score (nSPS) is 15.5. The summed E-state index contributed by atoms with van der Waals surface area (Å²) in [5.74, 6) is 1.15. The first kappa shape index (κ1) is 23.6. The maximum Gasteiger partial charge on any atom is 0.274 e. The van der Waals surface area contributed by atoms with Crippen molar-refractivity contribution in [2.75, 3.05) is 7.11 Å². The van der Waals surface area contributed by atoms with Gasteiger partial charge in [-0.15, -0.1) is 0 Å². The van der Waals surface area contributed by atoms with E-state index >= 15 is 0 Å². The van der Waals surface area contributed by atoms with Crippen molar-refractivity contribution in [3.8, 4) is 11.5 Å². The third-order valence-corrected chi connectivity index (χ3v) is 6.73. The van der Waals surface area contributed by atoms with Gasteiger partial charge in [-0.2, -0.15) is 5.10 Å². The number of fused-ring (bicyclic) bond motifs is 1. The van der Waals surface area contributed by atoms with Gasteiger partial charge in [0.1, 0.15) is 10.3 Å². The van der Waals surface area contributed by atoms with Gasteiger partial charge in [0.05, 0.1) is 25.5 Å². The first-order valence-electron chi connectivity index (χ1n) is 11.6. The van der Waals surface area contributed by atoms with Gasteiger partial charge in [-0.1, -0.05) is 41.4 Å². The molecule has 8 heteroatoms. The van der Waals surface area contributed by atoms with Gasteiger partial charge in [-0.05, 0) is 67.6 Å². The van der Waals surface area contributed by atoms with Crippen molar-refractivity contribution in [3.05, 3.63) is 87.2 Å². The minimum absolute atomic E-state index is 0.133. The van der Waals surface area contributed by atoms with E-state index in [1.165, 1.54) is 5.01 Å². The summed E-state index contributed by atoms with van der Waals surface area (Å²) < 4.78 is 12.2. The molecule has 0 bridgehead atoms. The number of halogens is 2. The monoisotopic (exact) mass is 509 g/mol. The third-order valence-electron chi connectivity index (χ3n) is 6.34. The summed E-state index contributed by atoms with van der Waals surface area (Å²) in [5.41, 5.74) is 3.93. The van der Waals surface area contributed by atoms with E-state index in [-0.39, 0.29) is 18.6 Å². The number of hydrazone groups is 1. The lowest BCUT2D eigenvalue weighted by molar-refractivity contribution is 0.0741. The number of methoxy groups -OCH3 is 1. The molecule has 1 aliphatic carbocycles. The molecule has 0 radical (unpaired) electrons. The van der Waals surface area contributed by atoms with Crippen LogP contribution in [-0.2, 0) is 13.0 Å². The van der Waals surface area contributed by atoms with Gasteiger partial charge in [0, 0.05) is 23.1 Å². The average molecular weight is 510 g/mol. The number of aromatic nitrogens is 1. The highest BCUT2D eigenvalue weighted by Gasteiger charge is 2.30. The van der Waals surface area contributed by atoms with Crippen molar-refractivity contribution in [3.63, 3.8) is 0 Å². The van der Waals surface area contributed by atoms with E-state index in [1.807, 2.05) is 30.3 Å². The highest BCUT2D eigenvalue weighted by atomic mass is 35.5. The van der Waals surface area contributed by atoms with Gasteiger partial charge in [0.2, 0.25) is 0 Å². The molecular formula is C27H25Cl2N3O3. The number of hydrogen-bond donors (Lipinski definition) is 0. The molecule has 2 aromatic carbocycles. The van der Waals surface area contributed by atoms with E-state index in [9.17, 15) is 4.79 Å². The van der Waals surface area contributed by atoms with Crippen molar-refractivity contribution < 1.29 is 14.3 Å². The zero-order valence-electron chi connectivity index (χ0n) is 19.3. The molecule has 35 heavy (non-hydrogen) atoms. The molecule has 1 amide bonds. The summed E-state index contributed by atoms with van der Waals surface area (Å²) in [6.07, 6.45) is 4.87. The predicted octanol–water partition coefficient (Wildman–Crippen LogP) is 6.32. The van der Waals surface area contributed by atoms with Crippen LogP contribution in [-0.4, -0.2) is 34.8 Å². The Hall–Kier alpha value is -3.09. The number of benzene rings is 2. The minimum Gasteiger partial charge on any atom is -0.493 e. The van der Waals surface area contributed by atoms with Crippen molar-refractivity contribution in [2.24, 2.45) is 5.10 Å². The van der Waals surface area contributed by atoms with Crippen LogP contribution in [0, 0.1) is 0 Å². The van der Waals surface area contributed by atoms with E-state index in [0.29, 0.717) is 39.5 Å². The molecule has 0 unspecified atom stereocenters. The minimum atomic E-state index is -0.186. The van der Waals surface area contributed by atoms with Crippen LogP contribution in [0.15, 0.2) is 59.7 Å². The van der Waals surface area contributed by atoms with Gasteiger partial charge >= 0.3 is 0 Å². The number of ether oxygens (including phenoxy) is 2. The quantitative estimate of drug-likeness (QED) is 0.364. The second-order valence-electron chi connectivity index (χ2n) is 8.72. The Kier molecular flexibility index (Phi) is 6.93. The molecule has 6 nitrogen and oxygen atoms in total. The Balaban J connectivity index is 1.59. The molecule has 2 heterocycles. The molecule has 1 fully saturated rings. The first-order chi connectivity index (χ1) is 17.0. The topological polar surface area (TPSA) is 64.0 Å².